The Balaban J connectivity index is 2.57. The largest absolute Gasteiger partial charge is 0.394 e. The van der Waals surface area contributed by atoms with E-state index in [1.54, 1.807) is 0 Å². The summed E-state index contributed by atoms with van der Waals surface area (Å²) >= 11 is 0. The number of hydrogen-bond acceptors (Lipinski definition) is 2. The van der Waals surface area contributed by atoms with E-state index in [1.807, 2.05) is 13.8 Å². The molecule has 1 fully saturated rings. The van der Waals surface area contributed by atoms with Gasteiger partial charge in [-0.05, 0) is 25.7 Å². The Morgan fingerprint density at radius 1 is 1.25 bits per heavy atom. The molecule has 0 saturated heterocycles. The van der Waals surface area contributed by atoms with Crippen molar-refractivity contribution in [2.45, 2.75) is 64.3 Å². The summed E-state index contributed by atoms with van der Waals surface area (Å²) in [5.41, 5.74) is -0.322. The Labute approximate surface area is 98.6 Å². The first kappa shape index (κ1) is 13.5. The van der Waals surface area contributed by atoms with Crippen molar-refractivity contribution in [3.8, 4) is 0 Å². The van der Waals surface area contributed by atoms with E-state index in [4.69, 9.17) is 0 Å². The Kier molecular flexibility index (Phi) is 5.26. The molecule has 3 heteroatoms. The quantitative estimate of drug-likeness (QED) is 0.756. The Morgan fingerprint density at radius 3 is 2.25 bits per heavy atom. The van der Waals surface area contributed by atoms with E-state index < -0.39 is 0 Å². The van der Waals surface area contributed by atoms with Gasteiger partial charge in [0.15, 0.2) is 0 Å². The van der Waals surface area contributed by atoms with Gasteiger partial charge in [0.25, 0.3) is 0 Å². The van der Waals surface area contributed by atoms with Crippen LogP contribution in [-0.4, -0.2) is 23.2 Å². The Bertz CT molecular complexity index is 218. The molecule has 3 nitrogen and oxygen atoms in total. The number of amides is 1. The highest BCUT2D eigenvalue weighted by atomic mass is 16.3. The summed E-state index contributed by atoms with van der Waals surface area (Å²) in [4.78, 5) is 12.0. The first-order chi connectivity index (χ1) is 7.67. The van der Waals surface area contributed by atoms with Gasteiger partial charge in [-0.15, -0.1) is 0 Å². The molecule has 0 aliphatic heterocycles. The van der Waals surface area contributed by atoms with Crippen LogP contribution in [0.2, 0.25) is 0 Å². The smallest absolute Gasteiger partial charge is 0.223 e. The van der Waals surface area contributed by atoms with Gasteiger partial charge in [0.1, 0.15) is 0 Å². The predicted molar refractivity (Wildman–Crippen MR) is 65.1 cm³/mol. The monoisotopic (exact) mass is 227 g/mol. The number of hydrogen-bond donors (Lipinski definition) is 2. The lowest BCUT2D eigenvalue weighted by Crippen LogP contribution is -2.54. The molecule has 0 aromatic carbocycles. The number of aliphatic hydroxyl groups is 1. The molecule has 0 bridgehead atoms. The molecule has 1 aliphatic rings. The van der Waals surface area contributed by atoms with Gasteiger partial charge in [-0.3, -0.25) is 4.79 Å². The predicted octanol–water partition coefficient (Wildman–Crippen LogP) is 2.23. The molecule has 0 aromatic heterocycles. The summed E-state index contributed by atoms with van der Waals surface area (Å²) in [7, 11) is 0. The molecule has 16 heavy (non-hydrogen) atoms. The van der Waals surface area contributed by atoms with Crippen LogP contribution in [0.15, 0.2) is 0 Å². The van der Waals surface area contributed by atoms with Crippen molar-refractivity contribution in [2.75, 3.05) is 6.61 Å². The number of rotatable bonds is 5. The third-order valence-corrected chi connectivity index (χ3v) is 3.86. The SMILES string of the molecule is CCC(CC)C(=O)NC1(CO)CCCCC1. The maximum atomic E-state index is 12.0. The molecular formula is C13H25NO2. The van der Waals surface area contributed by atoms with Crippen molar-refractivity contribution >= 4 is 5.91 Å². The maximum Gasteiger partial charge on any atom is 0.223 e. The summed E-state index contributed by atoms with van der Waals surface area (Å²) in [6.45, 7) is 4.17. The van der Waals surface area contributed by atoms with Crippen LogP contribution < -0.4 is 5.32 Å². The minimum Gasteiger partial charge on any atom is -0.394 e. The van der Waals surface area contributed by atoms with E-state index in [2.05, 4.69) is 5.32 Å². The summed E-state index contributed by atoms with van der Waals surface area (Å²) in [5, 5.41) is 12.6. The Hall–Kier alpha value is -0.570. The summed E-state index contributed by atoms with van der Waals surface area (Å²) in [5.74, 6) is 0.228. The van der Waals surface area contributed by atoms with Crippen molar-refractivity contribution in [1.29, 1.82) is 0 Å². The molecule has 94 valence electrons. The minimum absolute atomic E-state index is 0.0822. The molecule has 1 amide bonds. The highest BCUT2D eigenvalue weighted by Gasteiger charge is 2.33. The van der Waals surface area contributed by atoms with Gasteiger partial charge >= 0.3 is 0 Å². The fraction of sp³-hybridized carbons (Fsp3) is 0.923. The Morgan fingerprint density at radius 2 is 1.81 bits per heavy atom. The highest BCUT2D eigenvalue weighted by Crippen LogP contribution is 2.28. The maximum absolute atomic E-state index is 12.0. The fourth-order valence-electron chi connectivity index (χ4n) is 2.57. The van der Waals surface area contributed by atoms with Gasteiger partial charge < -0.3 is 10.4 Å². The topological polar surface area (TPSA) is 49.3 Å². The van der Waals surface area contributed by atoms with Crippen LogP contribution in [0, 0.1) is 5.92 Å². The molecule has 0 radical (unpaired) electrons. The lowest BCUT2D eigenvalue weighted by atomic mass is 9.81. The van der Waals surface area contributed by atoms with Crippen molar-refractivity contribution < 1.29 is 9.90 Å². The van der Waals surface area contributed by atoms with Crippen LogP contribution in [0.5, 0.6) is 0 Å². The molecule has 0 spiro atoms. The first-order valence-electron chi connectivity index (χ1n) is 6.60. The zero-order valence-electron chi connectivity index (χ0n) is 10.6. The number of nitrogens with one attached hydrogen (secondary N) is 1. The van der Waals surface area contributed by atoms with Gasteiger partial charge in [-0.25, -0.2) is 0 Å². The standard InChI is InChI=1S/C13H25NO2/c1-3-11(4-2)12(16)14-13(10-15)8-6-5-7-9-13/h11,15H,3-10H2,1-2H3,(H,14,16). The molecule has 1 saturated carbocycles. The van der Waals surface area contributed by atoms with Crippen molar-refractivity contribution in [3.63, 3.8) is 0 Å². The van der Waals surface area contributed by atoms with E-state index in [0.29, 0.717) is 0 Å². The van der Waals surface area contributed by atoms with E-state index in [9.17, 15) is 9.90 Å². The molecule has 0 aromatic rings. The molecule has 0 atom stereocenters. The van der Waals surface area contributed by atoms with E-state index in [-0.39, 0.29) is 24.0 Å². The molecule has 2 N–H and O–H groups in total. The van der Waals surface area contributed by atoms with E-state index in [1.165, 1.54) is 6.42 Å². The zero-order chi connectivity index (χ0) is 12.0. The van der Waals surface area contributed by atoms with Crippen LogP contribution in [0.25, 0.3) is 0 Å². The zero-order valence-corrected chi connectivity index (χ0v) is 10.6. The molecular weight excluding hydrogens is 202 g/mol. The van der Waals surface area contributed by atoms with Gasteiger partial charge in [0.2, 0.25) is 5.91 Å². The van der Waals surface area contributed by atoms with Crippen LogP contribution in [-0.2, 0) is 4.79 Å². The van der Waals surface area contributed by atoms with Crippen molar-refractivity contribution in [3.05, 3.63) is 0 Å². The first-order valence-corrected chi connectivity index (χ1v) is 6.60. The van der Waals surface area contributed by atoms with Gasteiger partial charge in [0.05, 0.1) is 12.1 Å². The molecule has 1 rings (SSSR count). The second-order valence-corrected chi connectivity index (χ2v) is 5.00. The normalized spacial score (nSPS) is 19.8. The number of carbonyl (C=O) groups is 1. The van der Waals surface area contributed by atoms with Gasteiger partial charge in [0, 0.05) is 5.92 Å². The van der Waals surface area contributed by atoms with Crippen LogP contribution in [0.3, 0.4) is 0 Å². The average molecular weight is 227 g/mol. The summed E-state index contributed by atoms with van der Waals surface area (Å²) in [6, 6.07) is 0. The second-order valence-electron chi connectivity index (χ2n) is 5.00. The van der Waals surface area contributed by atoms with E-state index >= 15 is 0 Å². The van der Waals surface area contributed by atoms with Crippen LogP contribution in [0.4, 0.5) is 0 Å². The van der Waals surface area contributed by atoms with Crippen molar-refractivity contribution in [1.82, 2.24) is 5.32 Å². The van der Waals surface area contributed by atoms with Crippen LogP contribution >= 0.6 is 0 Å². The van der Waals surface area contributed by atoms with Gasteiger partial charge in [-0.1, -0.05) is 33.1 Å². The minimum atomic E-state index is -0.322. The molecule has 0 unspecified atom stereocenters. The second kappa shape index (κ2) is 6.24. The third kappa shape index (κ3) is 3.21. The van der Waals surface area contributed by atoms with Crippen LogP contribution in [0.1, 0.15) is 58.8 Å². The lowest BCUT2D eigenvalue weighted by molar-refractivity contribution is -0.128. The third-order valence-electron chi connectivity index (χ3n) is 3.86. The lowest BCUT2D eigenvalue weighted by Gasteiger charge is -2.37. The molecule has 1 aliphatic carbocycles. The fourth-order valence-corrected chi connectivity index (χ4v) is 2.57. The highest BCUT2D eigenvalue weighted by molar-refractivity contribution is 5.79. The average Bonchev–Trinajstić information content (AvgIpc) is 2.32. The summed E-state index contributed by atoms with van der Waals surface area (Å²) in [6.07, 6.45) is 7.06. The van der Waals surface area contributed by atoms with Crippen molar-refractivity contribution in [2.24, 2.45) is 5.92 Å². The number of carbonyl (C=O) groups excluding carboxylic acids is 1. The molecule has 0 heterocycles. The summed E-state index contributed by atoms with van der Waals surface area (Å²) < 4.78 is 0. The van der Waals surface area contributed by atoms with E-state index in [0.717, 1.165) is 38.5 Å². The van der Waals surface area contributed by atoms with Gasteiger partial charge in [-0.2, -0.15) is 0 Å². The number of aliphatic hydroxyl groups excluding tert-OH is 1.